The normalized spacial score (nSPS) is 11.9. The van der Waals surface area contributed by atoms with Crippen molar-refractivity contribution in [3.63, 3.8) is 0 Å². The van der Waals surface area contributed by atoms with Gasteiger partial charge in [-0.1, -0.05) is 23.2 Å². The number of nitrogens with zero attached hydrogens (tertiary/aromatic N) is 3. The Bertz CT molecular complexity index is 1590. The molecule has 7 nitrogen and oxygen atoms in total. The molecule has 0 fully saturated rings. The molecule has 186 valence electrons. The molecule has 4 rings (SSSR count). The molecule has 0 aliphatic heterocycles. The van der Waals surface area contributed by atoms with Crippen LogP contribution in [0, 0.1) is 11.3 Å². The van der Waals surface area contributed by atoms with Crippen LogP contribution >= 0.6 is 34.5 Å². The molecule has 0 bridgehead atoms. The van der Waals surface area contributed by atoms with Gasteiger partial charge < -0.3 is 9.30 Å². The number of carbonyl (C=O) groups excluding carboxylic acids is 1. The number of aromatic nitrogens is 1. The zero-order valence-corrected chi connectivity index (χ0v) is 22.7. The van der Waals surface area contributed by atoms with E-state index in [1.54, 1.807) is 45.2 Å². The lowest BCUT2D eigenvalue weighted by Crippen LogP contribution is -2.39. The average molecular weight is 563 g/mol. The molecule has 0 saturated carbocycles. The lowest BCUT2D eigenvalue weighted by molar-refractivity contribution is -0.152. The first-order valence-electron chi connectivity index (χ1n) is 10.7. The van der Waals surface area contributed by atoms with Crippen molar-refractivity contribution in [2.24, 2.45) is 0 Å². The predicted octanol–water partition coefficient (Wildman–Crippen LogP) is 6.41. The SMILES string of the molecule is CC(C)(C)OC(=O)CN(c1ccc2c(ccn2-c2ccsc2C#N)c1)S(=O)(=O)c1cc(Cl)cc(Cl)c1. The number of benzene rings is 2. The van der Waals surface area contributed by atoms with Gasteiger partial charge in [0.15, 0.2) is 0 Å². The number of rotatable bonds is 6. The highest BCUT2D eigenvalue weighted by atomic mass is 35.5. The second-order valence-electron chi connectivity index (χ2n) is 8.88. The fourth-order valence-electron chi connectivity index (χ4n) is 3.68. The number of esters is 1. The number of anilines is 1. The van der Waals surface area contributed by atoms with Gasteiger partial charge in [0.05, 0.1) is 21.8 Å². The minimum Gasteiger partial charge on any atom is -0.459 e. The van der Waals surface area contributed by atoms with Gasteiger partial charge in [0.1, 0.15) is 23.1 Å². The Labute approximate surface area is 223 Å². The Morgan fingerprint density at radius 2 is 1.81 bits per heavy atom. The Balaban J connectivity index is 1.82. The number of thiophene rings is 1. The van der Waals surface area contributed by atoms with E-state index in [0.29, 0.717) is 4.88 Å². The summed E-state index contributed by atoms with van der Waals surface area (Å²) in [4.78, 5) is 13.1. The van der Waals surface area contributed by atoms with E-state index >= 15 is 0 Å². The van der Waals surface area contributed by atoms with Crippen LogP contribution in [0.5, 0.6) is 0 Å². The standard InChI is InChI=1S/C25H21Cl2N3O4S2/c1-25(2,3)34-24(31)15-30(36(32,33)20-12-17(26)11-18(27)13-20)19-4-5-21-16(10-19)6-8-29(21)22-7-9-35-23(22)14-28/h4-13H,15H2,1-3H3. The van der Waals surface area contributed by atoms with E-state index in [9.17, 15) is 18.5 Å². The number of halogens is 2. The van der Waals surface area contributed by atoms with E-state index in [2.05, 4.69) is 6.07 Å². The van der Waals surface area contributed by atoms with E-state index in [-0.39, 0.29) is 20.6 Å². The lowest BCUT2D eigenvalue weighted by atomic mass is 10.2. The summed E-state index contributed by atoms with van der Waals surface area (Å²) in [5.41, 5.74) is 0.964. The molecule has 2 heterocycles. The van der Waals surface area contributed by atoms with E-state index in [4.69, 9.17) is 27.9 Å². The van der Waals surface area contributed by atoms with E-state index in [1.807, 2.05) is 22.1 Å². The molecule has 2 aromatic carbocycles. The number of fused-ring (bicyclic) bond motifs is 1. The summed E-state index contributed by atoms with van der Waals surface area (Å²) in [6, 6.07) is 14.8. The molecule has 0 aliphatic carbocycles. The van der Waals surface area contributed by atoms with Crippen LogP contribution in [0.15, 0.2) is 65.0 Å². The summed E-state index contributed by atoms with van der Waals surface area (Å²) in [5.74, 6) is -0.714. The molecule has 36 heavy (non-hydrogen) atoms. The van der Waals surface area contributed by atoms with E-state index in [0.717, 1.165) is 20.9 Å². The zero-order chi connectivity index (χ0) is 26.3. The summed E-state index contributed by atoms with van der Waals surface area (Å²) in [6.07, 6.45) is 1.81. The van der Waals surface area contributed by atoms with Gasteiger partial charge in [-0.25, -0.2) is 8.42 Å². The number of sulfonamides is 1. The molecule has 0 atom stereocenters. The second kappa shape index (κ2) is 9.79. The van der Waals surface area contributed by atoms with Crippen LogP contribution in [-0.2, 0) is 19.6 Å². The van der Waals surface area contributed by atoms with Crippen molar-refractivity contribution < 1.29 is 17.9 Å². The third-order valence-electron chi connectivity index (χ3n) is 5.08. The van der Waals surface area contributed by atoms with Gasteiger partial charge in [-0.3, -0.25) is 9.10 Å². The van der Waals surface area contributed by atoms with Crippen molar-refractivity contribution in [1.29, 1.82) is 5.26 Å². The molecular formula is C25H21Cl2N3O4S2. The molecule has 0 amide bonds. The maximum atomic E-state index is 13.7. The van der Waals surface area contributed by atoms with Crippen molar-refractivity contribution in [2.45, 2.75) is 31.3 Å². The van der Waals surface area contributed by atoms with Crippen molar-refractivity contribution in [3.8, 4) is 11.8 Å². The van der Waals surface area contributed by atoms with E-state index < -0.39 is 28.1 Å². The third kappa shape index (κ3) is 5.37. The van der Waals surface area contributed by atoms with Gasteiger partial charge >= 0.3 is 5.97 Å². The van der Waals surface area contributed by atoms with Gasteiger partial charge in [-0.15, -0.1) is 11.3 Å². The Kier molecular flexibility index (Phi) is 7.08. The highest BCUT2D eigenvalue weighted by Crippen LogP contribution is 2.32. The maximum Gasteiger partial charge on any atom is 0.327 e. The maximum absolute atomic E-state index is 13.7. The van der Waals surface area contributed by atoms with Gasteiger partial charge in [-0.05, 0) is 74.7 Å². The summed E-state index contributed by atoms with van der Waals surface area (Å²) in [6.45, 7) is 4.55. The Hall–Kier alpha value is -3.03. The zero-order valence-electron chi connectivity index (χ0n) is 19.5. The number of hydrogen-bond donors (Lipinski definition) is 0. The molecule has 0 N–H and O–H groups in total. The quantitative estimate of drug-likeness (QED) is 0.253. The summed E-state index contributed by atoms with van der Waals surface area (Å²) in [5, 5.41) is 12.3. The first-order valence-corrected chi connectivity index (χ1v) is 13.8. The predicted molar refractivity (Wildman–Crippen MR) is 143 cm³/mol. The Morgan fingerprint density at radius 3 is 2.44 bits per heavy atom. The lowest BCUT2D eigenvalue weighted by Gasteiger charge is -2.26. The van der Waals surface area contributed by atoms with Crippen LogP contribution in [-0.4, -0.2) is 31.1 Å². The first kappa shape index (κ1) is 26.0. The first-order chi connectivity index (χ1) is 16.9. The molecular weight excluding hydrogens is 541 g/mol. The largest absolute Gasteiger partial charge is 0.459 e. The van der Waals surface area contributed by atoms with Crippen molar-refractivity contribution >= 4 is 67.1 Å². The topological polar surface area (TPSA) is 92.4 Å². The molecule has 4 aromatic rings. The molecule has 0 unspecified atom stereocenters. The van der Waals surface area contributed by atoms with Crippen LogP contribution < -0.4 is 4.31 Å². The second-order valence-corrected chi connectivity index (χ2v) is 12.5. The van der Waals surface area contributed by atoms with Gasteiger partial charge in [0.25, 0.3) is 10.0 Å². The number of ether oxygens (including phenoxy) is 1. The summed E-state index contributed by atoms with van der Waals surface area (Å²) < 4.78 is 35.7. The van der Waals surface area contributed by atoms with Gasteiger partial charge in [0.2, 0.25) is 0 Å². The van der Waals surface area contributed by atoms with Crippen LogP contribution in [0.3, 0.4) is 0 Å². The van der Waals surface area contributed by atoms with Gasteiger partial charge in [0, 0.05) is 21.6 Å². The van der Waals surface area contributed by atoms with Crippen molar-refractivity contribution in [2.75, 3.05) is 10.8 Å². The van der Waals surface area contributed by atoms with Crippen molar-refractivity contribution in [1.82, 2.24) is 4.57 Å². The fraction of sp³-hybridized carbons (Fsp3) is 0.200. The molecule has 0 aliphatic rings. The van der Waals surface area contributed by atoms with Crippen LogP contribution in [0.4, 0.5) is 5.69 Å². The highest BCUT2D eigenvalue weighted by molar-refractivity contribution is 7.92. The van der Waals surface area contributed by atoms with Gasteiger partial charge in [-0.2, -0.15) is 5.26 Å². The summed E-state index contributed by atoms with van der Waals surface area (Å²) in [7, 11) is -4.25. The van der Waals surface area contributed by atoms with Crippen LogP contribution in [0.2, 0.25) is 10.0 Å². The van der Waals surface area contributed by atoms with Crippen LogP contribution in [0.1, 0.15) is 25.6 Å². The highest BCUT2D eigenvalue weighted by Gasteiger charge is 2.30. The average Bonchev–Trinajstić information content (AvgIpc) is 3.41. The fourth-order valence-corrected chi connectivity index (χ4v) is 6.48. The van der Waals surface area contributed by atoms with Crippen molar-refractivity contribution in [3.05, 3.63) is 75.0 Å². The number of nitriles is 1. The number of carbonyl (C=O) groups is 1. The minimum atomic E-state index is -4.25. The van der Waals surface area contributed by atoms with Crippen LogP contribution in [0.25, 0.3) is 16.6 Å². The molecule has 0 saturated heterocycles. The molecule has 2 aromatic heterocycles. The molecule has 11 heteroatoms. The molecule has 0 spiro atoms. The summed E-state index contributed by atoms with van der Waals surface area (Å²) >= 11 is 13.5. The molecule has 0 radical (unpaired) electrons. The monoisotopic (exact) mass is 561 g/mol. The minimum absolute atomic E-state index is 0.148. The van der Waals surface area contributed by atoms with E-state index in [1.165, 1.54) is 29.5 Å². The third-order valence-corrected chi connectivity index (χ3v) is 8.08. The Morgan fingerprint density at radius 1 is 1.11 bits per heavy atom. The smallest absolute Gasteiger partial charge is 0.327 e. The number of hydrogen-bond acceptors (Lipinski definition) is 6.